The number of aromatic nitrogens is 2. The third-order valence-corrected chi connectivity index (χ3v) is 2.73. The lowest BCUT2D eigenvalue weighted by Gasteiger charge is -2.16. The highest BCUT2D eigenvalue weighted by atomic mass is 35.5. The second-order valence-corrected chi connectivity index (χ2v) is 4.34. The van der Waals surface area contributed by atoms with E-state index < -0.39 is 0 Å². The second-order valence-electron chi connectivity index (χ2n) is 3.95. The molecule has 1 aromatic carbocycles. The molecule has 2 N–H and O–H groups in total. The van der Waals surface area contributed by atoms with Gasteiger partial charge in [0.2, 0.25) is 0 Å². The number of hydrogen-bond donors (Lipinski definition) is 2. The van der Waals surface area contributed by atoms with Gasteiger partial charge in [-0.05, 0) is 24.1 Å². The van der Waals surface area contributed by atoms with Crippen LogP contribution in [-0.4, -0.2) is 28.0 Å². The summed E-state index contributed by atoms with van der Waals surface area (Å²) in [5.74, 6) is 0.606. The van der Waals surface area contributed by atoms with Crippen molar-refractivity contribution in [3.05, 3.63) is 53.2 Å². The summed E-state index contributed by atoms with van der Waals surface area (Å²) in [4.78, 5) is 0. The van der Waals surface area contributed by atoms with Crippen molar-refractivity contribution in [3.63, 3.8) is 0 Å². The van der Waals surface area contributed by atoms with Crippen LogP contribution in [-0.2, 0) is 6.42 Å². The quantitative estimate of drug-likeness (QED) is 0.868. The molecule has 1 unspecified atom stereocenters. The molecule has 0 spiro atoms. The number of nitrogens with one attached hydrogen (secondary N) is 1. The van der Waals surface area contributed by atoms with E-state index in [1.807, 2.05) is 30.3 Å². The Morgan fingerprint density at radius 3 is 2.50 bits per heavy atom. The van der Waals surface area contributed by atoms with Gasteiger partial charge in [-0.15, -0.1) is 10.2 Å². The van der Waals surface area contributed by atoms with E-state index in [4.69, 9.17) is 11.6 Å². The van der Waals surface area contributed by atoms with Crippen LogP contribution in [0.15, 0.2) is 42.5 Å². The predicted molar refractivity (Wildman–Crippen MR) is 71.7 cm³/mol. The van der Waals surface area contributed by atoms with Gasteiger partial charge >= 0.3 is 0 Å². The van der Waals surface area contributed by atoms with Gasteiger partial charge in [0.1, 0.15) is 5.82 Å². The molecular weight excluding hydrogens is 250 g/mol. The number of nitrogens with zero attached hydrogens (tertiary/aromatic N) is 2. The van der Waals surface area contributed by atoms with Gasteiger partial charge < -0.3 is 10.4 Å². The minimum atomic E-state index is -0.0946. The van der Waals surface area contributed by atoms with E-state index in [2.05, 4.69) is 15.5 Å². The van der Waals surface area contributed by atoms with Crippen LogP contribution in [0.3, 0.4) is 0 Å². The number of anilines is 1. The summed E-state index contributed by atoms with van der Waals surface area (Å²) < 4.78 is 0. The van der Waals surface area contributed by atoms with E-state index in [0.29, 0.717) is 11.0 Å². The highest BCUT2D eigenvalue weighted by Gasteiger charge is 2.09. The lowest BCUT2D eigenvalue weighted by molar-refractivity contribution is 0.273. The number of halogens is 1. The maximum Gasteiger partial charge on any atom is 0.151 e. The van der Waals surface area contributed by atoms with Gasteiger partial charge in [0.15, 0.2) is 5.15 Å². The van der Waals surface area contributed by atoms with Crippen molar-refractivity contribution in [1.82, 2.24) is 10.2 Å². The Morgan fingerprint density at radius 1 is 1.11 bits per heavy atom. The van der Waals surface area contributed by atoms with Crippen LogP contribution in [0, 0.1) is 0 Å². The van der Waals surface area contributed by atoms with Crippen molar-refractivity contribution in [1.29, 1.82) is 0 Å². The van der Waals surface area contributed by atoms with Crippen LogP contribution < -0.4 is 5.32 Å². The van der Waals surface area contributed by atoms with Crippen LogP contribution in [0.5, 0.6) is 0 Å². The zero-order chi connectivity index (χ0) is 12.8. The number of rotatable bonds is 5. The number of aliphatic hydroxyl groups excluding tert-OH is 1. The molecule has 0 aliphatic heterocycles. The third-order valence-electron chi connectivity index (χ3n) is 2.53. The molecular formula is C13H14ClN3O. The topological polar surface area (TPSA) is 58.0 Å². The molecule has 0 fully saturated rings. The first-order valence-electron chi connectivity index (χ1n) is 5.68. The van der Waals surface area contributed by atoms with Gasteiger partial charge in [-0.2, -0.15) is 0 Å². The van der Waals surface area contributed by atoms with Gasteiger partial charge in [-0.1, -0.05) is 41.9 Å². The molecule has 0 aliphatic rings. The molecule has 2 rings (SSSR count). The normalized spacial score (nSPS) is 12.1. The van der Waals surface area contributed by atoms with Crippen LogP contribution in [0.2, 0.25) is 5.15 Å². The smallest absolute Gasteiger partial charge is 0.151 e. The number of hydrogen-bond acceptors (Lipinski definition) is 4. The minimum Gasteiger partial charge on any atom is -0.394 e. The van der Waals surface area contributed by atoms with E-state index >= 15 is 0 Å². The molecule has 2 aromatic rings. The maximum atomic E-state index is 9.37. The average molecular weight is 264 g/mol. The predicted octanol–water partition coefficient (Wildman–Crippen LogP) is 2.15. The van der Waals surface area contributed by atoms with Gasteiger partial charge in [-0.25, -0.2) is 0 Å². The molecule has 0 radical (unpaired) electrons. The summed E-state index contributed by atoms with van der Waals surface area (Å²) in [6.07, 6.45) is 0.724. The molecule has 5 heteroatoms. The zero-order valence-electron chi connectivity index (χ0n) is 9.75. The first-order chi connectivity index (χ1) is 8.78. The maximum absolute atomic E-state index is 9.37. The van der Waals surface area contributed by atoms with Gasteiger partial charge in [0.25, 0.3) is 0 Å². The van der Waals surface area contributed by atoms with Crippen LogP contribution in [0.4, 0.5) is 5.82 Å². The van der Waals surface area contributed by atoms with Crippen molar-refractivity contribution < 1.29 is 5.11 Å². The van der Waals surface area contributed by atoms with E-state index in [1.54, 1.807) is 12.1 Å². The van der Waals surface area contributed by atoms with E-state index in [9.17, 15) is 5.11 Å². The van der Waals surface area contributed by atoms with Crippen molar-refractivity contribution in [3.8, 4) is 0 Å². The zero-order valence-corrected chi connectivity index (χ0v) is 10.5. The van der Waals surface area contributed by atoms with Crippen molar-refractivity contribution >= 4 is 17.4 Å². The Morgan fingerprint density at radius 2 is 1.89 bits per heavy atom. The Bertz CT molecular complexity index is 475. The first-order valence-corrected chi connectivity index (χ1v) is 6.06. The lowest BCUT2D eigenvalue weighted by atomic mass is 10.1. The Kier molecular flexibility index (Phi) is 4.50. The highest BCUT2D eigenvalue weighted by molar-refractivity contribution is 6.29. The van der Waals surface area contributed by atoms with E-state index in [0.717, 1.165) is 12.0 Å². The largest absolute Gasteiger partial charge is 0.394 e. The molecule has 94 valence electrons. The third kappa shape index (κ3) is 3.68. The molecule has 0 saturated carbocycles. The van der Waals surface area contributed by atoms with Crippen molar-refractivity contribution in [2.75, 3.05) is 11.9 Å². The molecule has 1 heterocycles. The molecule has 1 atom stereocenters. The van der Waals surface area contributed by atoms with Crippen LogP contribution in [0.1, 0.15) is 5.56 Å². The van der Waals surface area contributed by atoms with Gasteiger partial charge in [-0.3, -0.25) is 0 Å². The average Bonchev–Trinajstić information content (AvgIpc) is 2.41. The standard InChI is InChI=1S/C13H14ClN3O/c14-12-6-7-13(17-16-12)15-11(9-18)8-10-4-2-1-3-5-10/h1-7,11,18H,8-9H2,(H,15,17). The number of benzene rings is 1. The molecule has 0 bridgehead atoms. The molecule has 4 nitrogen and oxygen atoms in total. The van der Waals surface area contributed by atoms with E-state index in [1.165, 1.54) is 0 Å². The SMILES string of the molecule is OCC(Cc1ccccc1)Nc1ccc(Cl)nn1. The Balaban J connectivity index is 1.99. The summed E-state index contributed by atoms with van der Waals surface area (Å²) in [6.45, 7) is 0.0270. The fourth-order valence-corrected chi connectivity index (χ4v) is 1.76. The first kappa shape index (κ1) is 12.8. The number of aliphatic hydroxyl groups is 1. The molecule has 18 heavy (non-hydrogen) atoms. The molecule has 0 aliphatic carbocycles. The molecule has 0 saturated heterocycles. The van der Waals surface area contributed by atoms with Gasteiger partial charge in [0.05, 0.1) is 12.6 Å². The summed E-state index contributed by atoms with van der Waals surface area (Å²) >= 11 is 5.66. The summed E-state index contributed by atoms with van der Waals surface area (Å²) in [7, 11) is 0. The summed E-state index contributed by atoms with van der Waals surface area (Å²) in [5.41, 5.74) is 1.16. The monoisotopic (exact) mass is 263 g/mol. The summed E-state index contributed by atoms with van der Waals surface area (Å²) in [5, 5.41) is 20.5. The second kappa shape index (κ2) is 6.33. The fraction of sp³-hybridized carbons (Fsp3) is 0.231. The lowest BCUT2D eigenvalue weighted by Crippen LogP contribution is -2.26. The van der Waals surface area contributed by atoms with Crippen LogP contribution >= 0.6 is 11.6 Å². The van der Waals surface area contributed by atoms with Gasteiger partial charge in [0, 0.05) is 0 Å². The highest BCUT2D eigenvalue weighted by Crippen LogP contribution is 2.10. The van der Waals surface area contributed by atoms with E-state index in [-0.39, 0.29) is 12.6 Å². The minimum absolute atomic E-state index is 0.0270. The molecule has 1 aromatic heterocycles. The van der Waals surface area contributed by atoms with Crippen molar-refractivity contribution in [2.45, 2.75) is 12.5 Å². The van der Waals surface area contributed by atoms with Crippen molar-refractivity contribution in [2.24, 2.45) is 0 Å². The molecule has 0 amide bonds. The Labute approximate surface area is 111 Å². The Hall–Kier alpha value is -1.65. The fourth-order valence-electron chi connectivity index (χ4n) is 1.66. The summed E-state index contributed by atoms with van der Waals surface area (Å²) in [6, 6.07) is 13.3. The van der Waals surface area contributed by atoms with Crippen LogP contribution in [0.25, 0.3) is 0 Å².